The van der Waals surface area contributed by atoms with Gasteiger partial charge in [0.25, 0.3) is 0 Å². The summed E-state index contributed by atoms with van der Waals surface area (Å²) in [5.74, 6) is -0.367. The van der Waals surface area contributed by atoms with Crippen LogP contribution in [-0.4, -0.2) is 31.4 Å². The molecule has 0 saturated carbocycles. The number of amides is 2. The van der Waals surface area contributed by atoms with Crippen LogP contribution in [0.25, 0.3) is 0 Å². The first kappa shape index (κ1) is 11.9. The van der Waals surface area contributed by atoms with E-state index in [0.29, 0.717) is 19.4 Å². The van der Waals surface area contributed by atoms with Crippen LogP contribution < -0.4 is 16.4 Å². The molecule has 0 spiro atoms. The zero-order valence-corrected chi connectivity index (χ0v) is 8.09. The van der Waals surface area contributed by atoms with E-state index >= 15 is 0 Å². The maximum Gasteiger partial charge on any atom is 0.234 e. The SMILES string of the molecule is CNC(=O)CCCNC(C)C(N)=O. The highest BCUT2D eigenvalue weighted by Gasteiger charge is 2.06. The van der Waals surface area contributed by atoms with Crippen molar-refractivity contribution in [2.24, 2.45) is 5.73 Å². The molecule has 0 aliphatic carbocycles. The molecule has 5 nitrogen and oxygen atoms in total. The van der Waals surface area contributed by atoms with Gasteiger partial charge in [0.05, 0.1) is 6.04 Å². The van der Waals surface area contributed by atoms with Gasteiger partial charge in [-0.05, 0) is 19.9 Å². The van der Waals surface area contributed by atoms with Crippen molar-refractivity contribution < 1.29 is 9.59 Å². The first-order valence-electron chi connectivity index (χ1n) is 4.31. The van der Waals surface area contributed by atoms with Gasteiger partial charge in [-0.1, -0.05) is 0 Å². The molecule has 0 rings (SSSR count). The van der Waals surface area contributed by atoms with Gasteiger partial charge in [-0.2, -0.15) is 0 Å². The molecule has 0 aliphatic heterocycles. The van der Waals surface area contributed by atoms with Crippen molar-refractivity contribution in [2.75, 3.05) is 13.6 Å². The second kappa shape index (κ2) is 6.42. The molecule has 2 amide bonds. The van der Waals surface area contributed by atoms with Crippen LogP contribution in [0, 0.1) is 0 Å². The molecule has 4 N–H and O–H groups in total. The quantitative estimate of drug-likeness (QED) is 0.465. The van der Waals surface area contributed by atoms with Gasteiger partial charge in [-0.15, -0.1) is 0 Å². The zero-order valence-electron chi connectivity index (χ0n) is 8.09. The highest BCUT2D eigenvalue weighted by atomic mass is 16.2. The van der Waals surface area contributed by atoms with Gasteiger partial charge in [0.15, 0.2) is 0 Å². The Kier molecular flexibility index (Phi) is 5.88. The molecule has 0 aromatic carbocycles. The maximum atomic E-state index is 10.8. The highest BCUT2D eigenvalue weighted by molar-refractivity contribution is 5.79. The monoisotopic (exact) mass is 187 g/mol. The van der Waals surface area contributed by atoms with E-state index in [-0.39, 0.29) is 17.9 Å². The minimum absolute atomic E-state index is 0.00790. The molecular weight excluding hydrogens is 170 g/mol. The van der Waals surface area contributed by atoms with Crippen LogP contribution in [0.5, 0.6) is 0 Å². The summed E-state index contributed by atoms with van der Waals surface area (Å²) in [5, 5.41) is 5.42. The van der Waals surface area contributed by atoms with E-state index in [2.05, 4.69) is 10.6 Å². The molecule has 0 bridgehead atoms. The molecule has 76 valence electrons. The number of hydrogen-bond acceptors (Lipinski definition) is 3. The van der Waals surface area contributed by atoms with Gasteiger partial charge in [0, 0.05) is 13.5 Å². The molecule has 0 aliphatic rings. The first-order valence-corrected chi connectivity index (χ1v) is 4.31. The van der Waals surface area contributed by atoms with Gasteiger partial charge in [-0.3, -0.25) is 9.59 Å². The molecule has 1 unspecified atom stereocenters. The molecule has 13 heavy (non-hydrogen) atoms. The maximum absolute atomic E-state index is 10.8. The van der Waals surface area contributed by atoms with Crippen molar-refractivity contribution >= 4 is 11.8 Å². The van der Waals surface area contributed by atoms with Crippen LogP contribution in [0.3, 0.4) is 0 Å². The number of carbonyl (C=O) groups excluding carboxylic acids is 2. The third-order valence-electron chi connectivity index (χ3n) is 1.74. The summed E-state index contributed by atoms with van der Waals surface area (Å²) in [6, 6.07) is -0.329. The van der Waals surface area contributed by atoms with Crippen LogP contribution in [0.15, 0.2) is 0 Å². The normalized spacial score (nSPS) is 12.2. The Hall–Kier alpha value is -1.10. The number of rotatable bonds is 6. The van der Waals surface area contributed by atoms with Crippen molar-refractivity contribution in [3.63, 3.8) is 0 Å². The summed E-state index contributed by atoms with van der Waals surface area (Å²) in [7, 11) is 1.60. The molecule has 0 fully saturated rings. The van der Waals surface area contributed by atoms with E-state index in [9.17, 15) is 9.59 Å². The summed E-state index contributed by atoms with van der Waals surface area (Å²) in [6.45, 7) is 2.32. The number of hydrogen-bond donors (Lipinski definition) is 3. The van der Waals surface area contributed by atoms with Crippen LogP contribution in [0.4, 0.5) is 0 Å². The Labute approximate surface area is 78.1 Å². The standard InChI is InChI=1S/C8H17N3O2/c1-6(8(9)13)11-5-3-4-7(12)10-2/h6,11H,3-5H2,1-2H3,(H2,9,13)(H,10,12). The van der Waals surface area contributed by atoms with E-state index in [1.807, 2.05) is 0 Å². The Bertz CT molecular complexity index is 182. The molecule has 0 radical (unpaired) electrons. The van der Waals surface area contributed by atoms with Crippen molar-refractivity contribution in [1.82, 2.24) is 10.6 Å². The Balaban J connectivity index is 3.35. The van der Waals surface area contributed by atoms with E-state index in [1.54, 1.807) is 14.0 Å². The predicted octanol–water partition coefficient (Wildman–Crippen LogP) is -1.02. The molecular formula is C8H17N3O2. The van der Waals surface area contributed by atoms with Crippen LogP contribution in [0.1, 0.15) is 19.8 Å². The van der Waals surface area contributed by atoms with E-state index in [1.165, 1.54) is 0 Å². The van der Waals surface area contributed by atoms with Gasteiger partial charge >= 0.3 is 0 Å². The van der Waals surface area contributed by atoms with Gasteiger partial charge in [0.2, 0.25) is 11.8 Å². The minimum atomic E-state index is -0.375. The molecule has 5 heteroatoms. The predicted molar refractivity (Wildman–Crippen MR) is 50.0 cm³/mol. The van der Waals surface area contributed by atoms with Gasteiger partial charge < -0.3 is 16.4 Å². The lowest BCUT2D eigenvalue weighted by Crippen LogP contribution is -2.39. The summed E-state index contributed by atoms with van der Waals surface area (Å²) >= 11 is 0. The summed E-state index contributed by atoms with van der Waals surface area (Å²) in [5.41, 5.74) is 5.02. The largest absolute Gasteiger partial charge is 0.368 e. The fourth-order valence-corrected chi connectivity index (χ4v) is 0.793. The lowest BCUT2D eigenvalue weighted by molar-refractivity contribution is -0.120. The van der Waals surface area contributed by atoms with Crippen molar-refractivity contribution in [3.8, 4) is 0 Å². The average Bonchev–Trinajstić information content (AvgIpc) is 2.11. The second-order valence-corrected chi connectivity index (χ2v) is 2.85. The summed E-state index contributed by atoms with van der Waals surface area (Å²) in [4.78, 5) is 21.3. The van der Waals surface area contributed by atoms with Crippen molar-refractivity contribution in [2.45, 2.75) is 25.8 Å². The van der Waals surface area contributed by atoms with E-state index in [0.717, 1.165) is 0 Å². The Morgan fingerprint density at radius 3 is 2.54 bits per heavy atom. The lowest BCUT2D eigenvalue weighted by Gasteiger charge is -2.08. The van der Waals surface area contributed by atoms with Crippen LogP contribution in [-0.2, 0) is 9.59 Å². The third kappa shape index (κ3) is 6.10. The fraction of sp³-hybridized carbons (Fsp3) is 0.750. The number of nitrogens with one attached hydrogen (secondary N) is 2. The second-order valence-electron chi connectivity index (χ2n) is 2.85. The van der Waals surface area contributed by atoms with Crippen LogP contribution in [0.2, 0.25) is 0 Å². The molecule has 0 aromatic rings. The smallest absolute Gasteiger partial charge is 0.234 e. The van der Waals surface area contributed by atoms with Crippen molar-refractivity contribution in [1.29, 1.82) is 0 Å². The van der Waals surface area contributed by atoms with Gasteiger partial charge in [0.1, 0.15) is 0 Å². The Morgan fingerprint density at radius 2 is 2.08 bits per heavy atom. The minimum Gasteiger partial charge on any atom is -0.368 e. The molecule has 0 saturated heterocycles. The van der Waals surface area contributed by atoms with E-state index in [4.69, 9.17) is 5.73 Å². The Morgan fingerprint density at radius 1 is 1.46 bits per heavy atom. The molecule has 1 atom stereocenters. The van der Waals surface area contributed by atoms with E-state index < -0.39 is 0 Å². The fourth-order valence-electron chi connectivity index (χ4n) is 0.793. The molecule has 0 aromatic heterocycles. The third-order valence-corrected chi connectivity index (χ3v) is 1.74. The summed E-state index contributed by atoms with van der Waals surface area (Å²) in [6.07, 6.45) is 1.17. The van der Waals surface area contributed by atoms with Crippen molar-refractivity contribution in [3.05, 3.63) is 0 Å². The average molecular weight is 187 g/mol. The first-order chi connectivity index (χ1) is 6.07. The highest BCUT2D eigenvalue weighted by Crippen LogP contribution is 1.87. The summed E-state index contributed by atoms with van der Waals surface area (Å²) < 4.78 is 0. The lowest BCUT2D eigenvalue weighted by atomic mass is 10.2. The zero-order chi connectivity index (χ0) is 10.3. The topological polar surface area (TPSA) is 84.2 Å². The van der Waals surface area contributed by atoms with Crippen LogP contribution >= 0.6 is 0 Å². The molecule has 0 heterocycles. The number of nitrogens with two attached hydrogens (primary N) is 1. The number of carbonyl (C=O) groups is 2. The van der Waals surface area contributed by atoms with Gasteiger partial charge in [-0.25, -0.2) is 0 Å². The number of primary amides is 1.